The maximum Gasteiger partial charge on any atom is 0.320 e. The van der Waals surface area contributed by atoms with E-state index >= 15 is 0 Å². The number of rotatable bonds is 9. The third-order valence-corrected chi connectivity index (χ3v) is 13.2. The second kappa shape index (κ2) is 17.6. The van der Waals surface area contributed by atoms with Gasteiger partial charge in [-0.05, 0) is 80.1 Å². The van der Waals surface area contributed by atoms with Crippen molar-refractivity contribution < 1.29 is 24.0 Å². The Morgan fingerprint density at radius 1 is 0.855 bits per heavy atom. The van der Waals surface area contributed by atoms with Gasteiger partial charge in [-0.3, -0.25) is 34.3 Å². The number of fused-ring (bicyclic) bond motifs is 1. The van der Waals surface area contributed by atoms with Gasteiger partial charge in [0.05, 0.1) is 12.6 Å². The van der Waals surface area contributed by atoms with Crippen molar-refractivity contribution in [3.8, 4) is 11.8 Å². The van der Waals surface area contributed by atoms with Crippen molar-refractivity contribution in [2.45, 2.75) is 63.2 Å². The molecule has 7 heterocycles. The van der Waals surface area contributed by atoms with Gasteiger partial charge < -0.3 is 35.6 Å². The number of aromatic nitrogens is 3. The van der Waals surface area contributed by atoms with Gasteiger partial charge in [-0.1, -0.05) is 11.8 Å². The highest BCUT2D eigenvalue weighted by molar-refractivity contribution is 6.05. The second-order valence-electron chi connectivity index (χ2n) is 17.1. The summed E-state index contributed by atoms with van der Waals surface area (Å²) < 4.78 is 0. The van der Waals surface area contributed by atoms with E-state index in [9.17, 15) is 24.0 Å². The normalized spacial score (nSPS) is 22.8. The van der Waals surface area contributed by atoms with E-state index in [0.717, 1.165) is 94.0 Å². The van der Waals surface area contributed by atoms with Crippen LogP contribution in [0.1, 0.15) is 70.5 Å². The average Bonchev–Trinajstić information content (AvgIpc) is 3.80. The number of likely N-dealkylation sites (N-methyl/N-ethyl adjacent to an activating group) is 1. The first-order chi connectivity index (χ1) is 30.1. The number of imide groups is 1. The molecule has 0 spiro atoms. The molecule has 324 valence electrons. The van der Waals surface area contributed by atoms with Crippen LogP contribution in [0, 0.1) is 11.8 Å². The maximum absolute atomic E-state index is 13.0. The van der Waals surface area contributed by atoms with Crippen molar-refractivity contribution in [2.24, 2.45) is 5.73 Å². The summed E-state index contributed by atoms with van der Waals surface area (Å²) in [6.07, 6.45) is 4.54. The van der Waals surface area contributed by atoms with Gasteiger partial charge in [0.25, 0.3) is 11.8 Å². The van der Waals surface area contributed by atoms with Gasteiger partial charge in [-0.15, -0.1) is 10.2 Å². The van der Waals surface area contributed by atoms with Crippen LogP contribution in [-0.2, 0) is 16.1 Å². The molecule has 6 aliphatic rings. The van der Waals surface area contributed by atoms with E-state index in [0.29, 0.717) is 56.7 Å². The summed E-state index contributed by atoms with van der Waals surface area (Å²) in [5.41, 5.74) is 9.84. The molecule has 9 rings (SSSR count). The van der Waals surface area contributed by atoms with E-state index in [-0.39, 0.29) is 41.8 Å². The molecule has 6 amide bonds. The van der Waals surface area contributed by atoms with Crippen molar-refractivity contribution in [3.63, 3.8) is 0 Å². The minimum absolute atomic E-state index is 0.0315. The van der Waals surface area contributed by atoms with E-state index in [2.05, 4.69) is 59.5 Å². The van der Waals surface area contributed by atoms with Crippen LogP contribution < -0.4 is 26.2 Å². The molecule has 18 nitrogen and oxygen atoms in total. The van der Waals surface area contributed by atoms with Crippen LogP contribution >= 0.6 is 0 Å². The Morgan fingerprint density at radius 2 is 1.65 bits per heavy atom. The average molecular weight is 844 g/mol. The van der Waals surface area contributed by atoms with Crippen molar-refractivity contribution >= 4 is 52.8 Å². The van der Waals surface area contributed by atoms with Gasteiger partial charge in [0.15, 0.2) is 11.5 Å². The van der Waals surface area contributed by atoms with E-state index in [1.54, 1.807) is 15.9 Å². The molecule has 2 unspecified atom stereocenters. The predicted molar refractivity (Wildman–Crippen MR) is 231 cm³/mol. The van der Waals surface area contributed by atoms with E-state index in [4.69, 9.17) is 10.7 Å². The molecular formula is C44H53N13O5. The Morgan fingerprint density at radius 3 is 2.37 bits per heavy atom. The largest absolute Gasteiger partial charge is 0.371 e. The molecule has 0 aliphatic carbocycles. The lowest BCUT2D eigenvalue weighted by atomic mass is 10.0. The van der Waals surface area contributed by atoms with E-state index in [1.807, 2.05) is 41.1 Å². The van der Waals surface area contributed by atoms with Crippen LogP contribution in [0.25, 0.3) is 0 Å². The van der Waals surface area contributed by atoms with Crippen molar-refractivity contribution in [3.05, 3.63) is 64.8 Å². The summed E-state index contributed by atoms with van der Waals surface area (Å²) >= 11 is 0. The van der Waals surface area contributed by atoms with Crippen LogP contribution in [0.3, 0.4) is 0 Å². The van der Waals surface area contributed by atoms with Gasteiger partial charge in [0.2, 0.25) is 17.8 Å². The maximum atomic E-state index is 13.0. The van der Waals surface area contributed by atoms with Gasteiger partial charge in [0.1, 0.15) is 6.04 Å². The van der Waals surface area contributed by atoms with Crippen LogP contribution in [0.2, 0.25) is 0 Å². The molecule has 4 N–H and O–H groups in total. The molecule has 0 bridgehead atoms. The number of benzene rings is 2. The number of anilines is 4. The quantitative estimate of drug-likeness (QED) is 0.207. The summed E-state index contributed by atoms with van der Waals surface area (Å²) in [6, 6.07) is 13.7. The number of nitrogens with zero attached hydrogens (tertiary/aromatic N) is 10. The third-order valence-electron chi connectivity index (χ3n) is 13.2. The molecule has 6 aliphatic heterocycles. The first-order valence-electron chi connectivity index (χ1n) is 21.7. The fraction of sp³-hybridized carbons (Fsp3) is 0.500. The summed E-state index contributed by atoms with van der Waals surface area (Å²) in [6.45, 7) is 9.60. The Balaban J connectivity index is 0.733. The molecule has 62 heavy (non-hydrogen) atoms. The Bertz CT molecular complexity index is 2300. The van der Waals surface area contributed by atoms with Gasteiger partial charge in [-0.2, -0.15) is 4.98 Å². The topological polar surface area (TPSA) is 197 Å². The van der Waals surface area contributed by atoms with Gasteiger partial charge in [-0.25, -0.2) is 4.79 Å². The zero-order valence-corrected chi connectivity index (χ0v) is 35.1. The molecular weight excluding hydrogens is 791 g/mol. The third kappa shape index (κ3) is 8.59. The molecule has 2 aromatic carbocycles. The fourth-order valence-electron chi connectivity index (χ4n) is 9.68. The number of hydrogen-bond donors (Lipinski definition) is 3. The lowest BCUT2D eigenvalue weighted by Crippen LogP contribution is -2.53. The Hall–Kier alpha value is -6.32. The highest BCUT2D eigenvalue weighted by Gasteiger charge is 2.39. The number of hydrogen-bond acceptors (Lipinski definition) is 13. The number of primary amides is 1. The number of amides is 6. The van der Waals surface area contributed by atoms with Crippen molar-refractivity contribution in [1.29, 1.82) is 0 Å². The van der Waals surface area contributed by atoms with Gasteiger partial charge >= 0.3 is 6.03 Å². The Labute approximate surface area is 360 Å². The number of carbonyl (C=O) groups excluding carboxylic acids is 5. The minimum Gasteiger partial charge on any atom is -0.371 e. The first-order valence-corrected chi connectivity index (χ1v) is 21.7. The molecule has 0 saturated carbocycles. The zero-order valence-electron chi connectivity index (χ0n) is 35.1. The van der Waals surface area contributed by atoms with Gasteiger partial charge in [0, 0.05) is 114 Å². The summed E-state index contributed by atoms with van der Waals surface area (Å²) in [5.74, 6) is 5.67. The smallest absolute Gasteiger partial charge is 0.320 e. The van der Waals surface area contributed by atoms with Crippen LogP contribution in [-0.4, -0.2) is 167 Å². The SMILES string of the molecule is CN1CCN(C2CCCN(c3nnc(C(N)=O)c(Nc4ccc(N5CCC(N6CCN(CC#Cc7ccc8c(c7)CN(C7CCC(=O)NC7=O)C8=O)CC6)CC5)cc4)n3)C2)C1=O. The van der Waals surface area contributed by atoms with E-state index in [1.165, 1.54) is 0 Å². The number of piperazine rings is 1. The number of nitrogens with one attached hydrogen (secondary N) is 2. The highest BCUT2D eigenvalue weighted by Crippen LogP contribution is 2.30. The molecule has 2 atom stereocenters. The van der Waals surface area contributed by atoms with Crippen molar-refractivity contribution in [2.75, 3.05) is 94.2 Å². The summed E-state index contributed by atoms with van der Waals surface area (Å²) in [4.78, 5) is 81.4. The summed E-state index contributed by atoms with van der Waals surface area (Å²) in [7, 11) is 1.82. The Kier molecular flexibility index (Phi) is 11.6. The van der Waals surface area contributed by atoms with E-state index < -0.39 is 17.9 Å². The number of urea groups is 1. The molecule has 18 heteroatoms. The molecule has 3 aromatic rings. The summed E-state index contributed by atoms with van der Waals surface area (Å²) in [5, 5.41) is 14.0. The van der Waals surface area contributed by atoms with Crippen LogP contribution in [0.15, 0.2) is 42.5 Å². The molecule has 1 aromatic heterocycles. The van der Waals surface area contributed by atoms with Crippen molar-refractivity contribution in [1.82, 2.24) is 45.0 Å². The zero-order chi connectivity index (χ0) is 42.9. The lowest BCUT2D eigenvalue weighted by Gasteiger charge is -2.43. The van der Waals surface area contributed by atoms with Crippen LogP contribution in [0.4, 0.5) is 27.9 Å². The highest BCUT2D eigenvalue weighted by atomic mass is 16.2. The second-order valence-corrected chi connectivity index (χ2v) is 17.1. The standard InChI is InChI=1S/C44H53N13O5/c1-51-20-25-56(44(51)62)34-5-3-17-55(28-34)43-48-40(38(39(45)59)49-50-43)46-31-7-9-32(10-8-31)53-18-14-33(15-19-53)54-23-21-52(22-24-54)16-2-4-29-6-11-35-30(26-29)27-57(42(35)61)36-12-13-37(58)47-41(36)60/h6-11,26,33-34,36H,3,5,12-25,27-28H2,1H3,(H2,45,59)(H,46,48,50)(H,47,58,60). The molecule has 5 fully saturated rings. The lowest BCUT2D eigenvalue weighted by molar-refractivity contribution is -0.136. The molecule has 0 radical (unpaired) electrons. The number of nitrogens with two attached hydrogens (primary N) is 1. The minimum atomic E-state index is -0.717. The monoisotopic (exact) mass is 843 g/mol. The number of piperidine rings is 3. The predicted octanol–water partition coefficient (Wildman–Crippen LogP) is 1.45. The van der Waals surface area contributed by atoms with Crippen LogP contribution in [0.5, 0.6) is 0 Å². The molecule has 5 saturated heterocycles. The number of carbonyl (C=O) groups is 5. The fourth-order valence-corrected chi connectivity index (χ4v) is 9.68. The first kappa shape index (κ1) is 41.1.